The van der Waals surface area contributed by atoms with Crippen molar-refractivity contribution in [3.8, 4) is 5.75 Å². The van der Waals surface area contributed by atoms with Crippen molar-refractivity contribution < 1.29 is 26.8 Å². The normalized spacial score (nSPS) is 15.5. The number of rotatable bonds is 8. The van der Waals surface area contributed by atoms with E-state index in [0.29, 0.717) is 24.2 Å². The van der Waals surface area contributed by atoms with E-state index in [1.165, 1.54) is 46.3 Å². The standard InChI is InChI=1S/C23H26FN3O6S/c1-15(16-5-8-20(32-2)18(24)13-16)25-22(28)9-12-27-19-7-6-17(14-21(19)33-23(27)29)34(30,31)26-10-3-4-11-26/h5-8,13-15H,3-4,9-12H2,1-2H3,(H,25,28)/t15-/m1/s1. The van der Waals surface area contributed by atoms with Crippen LogP contribution in [-0.2, 0) is 21.4 Å². The van der Waals surface area contributed by atoms with Gasteiger partial charge in [0.15, 0.2) is 17.1 Å². The van der Waals surface area contributed by atoms with E-state index in [4.69, 9.17) is 9.15 Å². The maximum absolute atomic E-state index is 13.9. The second-order valence-electron chi connectivity index (χ2n) is 8.19. The number of aryl methyl sites for hydroxylation is 1. The zero-order valence-electron chi connectivity index (χ0n) is 18.9. The second kappa shape index (κ2) is 9.59. The summed E-state index contributed by atoms with van der Waals surface area (Å²) in [4.78, 5) is 24.9. The lowest BCUT2D eigenvalue weighted by molar-refractivity contribution is -0.121. The Morgan fingerprint density at radius 1 is 1.21 bits per heavy atom. The lowest BCUT2D eigenvalue weighted by atomic mass is 10.1. The van der Waals surface area contributed by atoms with Crippen LogP contribution >= 0.6 is 0 Å². The molecule has 0 spiro atoms. The predicted octanol–water partition coefficient (Wildman–Crippen LogP) is 2.79. The number of nitrogens with zero attached hydrogens (tertiary/aromatic N) is 2. The van der Waals surface area contributed by atoms with Crippen LogP contribution in [0, 0.1) is 5.82 Å². The number of hydrogen-bond donors (Lipinski definition) is 1. The third-order valence-electron chi connectivity index (χ3n) is 5.96. The molecule has 1 fully saturated rings. The fraction of sp³-hybridized carbons (Fsp3) is 0.391. The first-order chi connectivity index (χ1) is 16.2. The molecule has 0 saturated carbocycles. The van der Waals surface area contributed by atoms with Crippen molar-refractivity contribution in [1.29, 1.82) is 0 Å². The number of carbonyl (C=O) groups excluding carboxylic acids is 1. The Kier molecular flexibility index (Phi) is 6.76. The van der Waals surface area contributed by atoms with Crippen molar-refractivity contribution in [1.82, 2.24) is 14.2 Å². The summed E-state index contributed by atoms with van der Waals surface area (Å²) in [7, 11) is -2.27. The van der Waals surface area contributed by atoms with Gasteiger partial charge in [0.25, 0.3) is 0 Å². The summed E-state index contributed by atoms with van der Waals surface area (Å²) in [6.45, 7) is 2.71. The van der Waals surface area contributed by atoms with Crippen LogP contribution in [0.15, 0.2) is 50.5 Å². The van der Waals surface area contributed by atoms with Crippen molar-refractivity contribution >= 4 is 27.0 Å². The molecule has 1 N–H and O–H groups in total. The van der Waals surface area contributed by atoms with Crippen molar-refractivity contribution in [2.45, 2.75) is 43.7 Å². The van der Waals surface area contributed by atoms with Gasteiger partial charge in [-0.2, -0.15) is 4.31 Å². The highest BCUT2D eigenvalue weighted by atomic mass is 32.2. The molecule has 9 nitrogen and oxygen atoms in total. The summed E-state index contributed by atoms with van der Waals surface area (Å²) < 4.78 is 52.4. The molecule has 11 heteroatoms. The SMILES string of the molecule is COc1ccc([C@@H](C)NC(=O)CCn2c(=O)oc3cc(S(=O)(=O)N4CCCC4)ccc32)cc1F. The highest BCUT2D eigenvalue weighted by Crippen LogP contribution is 2.25. The van der Waals surface area contributed by atoms with Gasteiger partial charge in [-0.1, -0.05) is 6.07 Å². The van der Waals surface area contributed by atoms with Crippen LogP contribution in [0.5, 0.6) is 5.75 Å². The molecular weight excluding hydrogens is 465 g/mol. The van der Waals surface area contributed by atoms with E-state index in [1.807, 2.05) is 0 Å². The highest BCUT2D eigenvalue weighted by Gasteiger charge is 2.28. The number of halogens is 1. The lowest BCUT2D eigenvalue weighted by Gasteiger charge is -2.15. The largest absolute Gasteiger partial charge is 0.494 e. The van der Waals surface area contributed by atoms with Crippen LogP contribution < -0.4 is 15.8 Å². The first-order valence-corrected chi connectivity index (χ1v) is 12.4. The van der Waals surface area contributed by atoms with Crippen molar-refractivity contribution in [3.63, 3.8) is 0 Å². The number of carbonyl (C=O) groups is 1. The van der Waals surface area contributed by atoms with Crippen LogP contribution in [0.2, 0.25) is 0 Å². The predicted molar refractivity (Wildman–Crippen MR) is 123 cm³/mol. The molecule has 182 valence electrons. The van der Waals surface area contributed by atoms with Crippen molar-refractivity contribution in [3.05, 3.63) is 58.3 Å². The van der Waals surface area contributed by atoms with Crippen LogP contribution in [0.25, 0.3) is 11.1 Å². The van der Waals surface area contributed by atoms with E-state index in [9.17, 15) is 22.4 Å². The molecule has 0 radical (unpaired) electrons. The number of aromatic nitrogens is 1. The highest BCUT2D eigenvalue weighted by molar-refractivity contribution is 7.89. The molecule has 1 saturated heterocycles. The Morgan fingerprint density at radius 3 is 2.62 bits per heavy atom. The fourth-order valence-electron chi connectivity index (χ4n) is 4.06. The maximum Gasteiger partial charge on any atom is 0.419 e. The Bertz CT molecular complexity index is 1380. The molecular formula is C23H26FN3O6S. The number of sulfonamides is 1. The number of fused-ring (bicyclic) bond motifs is 1. The Balaban J connectivity index is 1.45. The number of methoxy groups -OCH3 is 1. The summed E-state index contributed by atoms with van der Waals surface area (Å²) in [6, 6.07) is 8.31. The van der Waals surface area contributed by atoms with Crippen molar-refractivity contribution in [2.75, 3.05) is 20.2 Å². The van der Waals surface area contributed by atoms with Crippen LogP contribution in [-0.4, -0.2) is 43.4 Å². The number of hydrogen-bond acceptors (Lipinski definition) is 6. The van der Waals surface area contributed by atoms with E-state index in [-0.39, 0.29) is 35.1 Å². The third-order valence-corrected chi connectivity index (χ3v) is 7.85. The molecule has 3 aromatic rings. The lowest BCUT2D eigenvalue weighted by Crippen LogP contribution is -2.28. The van der Waals surface area contributed by atoms with Gasteiger partial charge < -0.3 is 14.5 Å². The van der Waals surface area contributed by atoms with E-state index >= 15 is 0 Å². The van der Waals surface area contributed by atoms with E-state index in [2.05, 4.69) is 5.32 Å². The van der Waals surface area contributed by atoms with Gasteiger partial charge in [-0.05, 0) is 49.6 Å². The zero-order valence-corrected chi connectivity index (χ0v) is 19.7. The fourth-order valence-corrected chi connectivity index (χ4v) is 5.59. The minimum Gasteiger partial charge on any atom is -0.494 e. The molecule has 0 unspecified atom stereocenters. The van der Waals surface area contributed by atoms with Crippen LogP contribution in [0.3, 0.4) is 0 Å². The van der Waals surface area contributed by atoms with Gasteiger partial charge in [0.05, 0.1) is 23.6 Å². The van der Waals surface area contributed by atoms with Crippen LogP contribution in [0.4, 0.5) is 4.39 Å². The average molecular weight is 492 g/mol. The van der Waals surface area contributed by atoms with E-state index in [1.54, 1.807) is 13.0 Å². The maximum atomic E-state index is 13.9. The molecule has 1 aromatic heterocycles. The molecule has 34 heavy (non-hydrogen) atoms. The second-order valence-corrected chi connectivity index (χ2v) is 10.1. The average Bonchev–Trinajstić information content (AvgIpc) is 3.45. The Hall–Kier alpha value is -3.18. The smallest absolute Gasteiger partial charge is 0.419 e. The first kappa shape index (κ1) is 24.0. The number of nitrogens with one attached hydrogen (secondary N) is 1. The summed E-state index contributed by atoms with van der Waals surface area (Å²) in [5, 5.41) is 2.77. The first-order valence-electron chi connectivity index (χ1n) is 11.0. The van der Waals surface area contributed by atoms with Gasteiger partial charge >= 0.3 is 5.76 Å². The van der Waals surface area contributed by atoms with Gasteiger partial charge in [0.2, 0.25) is 15.9 Å². The topological polar surface area (TPSA) is 111 Å². The zero-order chi connectivity index (χ0) is 24.5. The van der Waals surface area contributed by atoms with Crippen molar-refractivity contribution in [2.24, 2.45) is 0 Å². The van der Waals surface area contributed by atoms with E-state index < -0.39 is 27.6 Å². The number of amides is 1. The van der Waals surface area contributed by atoms with Crippen LogP contribution in [0.1, 0.15) is 37.8 Å². The van der Waals surface area contributed by atoms with Gasteiger partial charge in [-0.15, -0.1) is 0 Å². The summed E-state index contributed by atoms with van der Waals surface area (Å²) >= 11 is 0. The number of benzene rings is 2. The molecule has 1 aliphatic rings. The number of oxazole rings is 1. The quantitative estimate of drug-likeness (QED) is 0.519. The molecule has 1 atom stereocenters. The molecule has 2 heterocycles. The number of ether oxygens (including phenoxy) is 1. The van der Waals surface area contributed by atoms with E-state index in [0.717, 1.165) is 12.8 Å². The van der Waals surface area contributed by atoms with Gasteiger partial charge in [0, 0.05) is 32.1 Å². The van der Waals surface area contributed by atoms with Gasteiger partial charge in [-0.3, -0.25) is 9.36 Å². The monoisotopic (exact) mass is 491 g/mol. The molecule has 2 aromatic carbocycles. The minimum atomic E-state index is -3.64. The Labute approximate surface area is 196 Å². The molecule has 4 rings (SSSR count). The third kappa shape index (κ3) is 4.71. The molecule has 1 aliphatic heterocycles. The molecule has 1 amide bonds. The summed E-state index contributed by atoms with van der Waals surface area (Å²) in [5.41, 5.74) is 1.13. The summed E-state index contributed by atoms with van der Waals surface area (Å²) in [6.07, 6.45) is 1.62. The minimum absolute atomic E-state index is 0.0225. The molecule has 0 aliphatic carbocycles. The Morgan fingerprint density at radius 2 is 1.94 bits per heavy atom. The van der Waals surface area contributed by atoms with Gasteiger partial charge in [0.1, 0.15) is 0 Å². The summed E-state index contributed by atoms with van der Waals surface area (Å²) in [5.74, 6) is -1.42. The molecule has 0 bridgehead atoms. The van der Waals surface area contributed by atoms with Gasteiger partial charge in [-0.25, -0.2) is 17.6 Å².